The minimum atomic E-state index is -0.582. The van der Waals surface area contributed by atoms with Gasteiger partial charge in [-0.2, -0.15) is 5.10 Å². The van der Waals surface area contributed by atoms with E-state index in [0.717, 1.165) is 5.56 Å². The third kappa shape index (κ3) is 4.38. The van der Waals surface area contributed by atoms with E-state index in [1.54, 1.807) is 35.1 Å². The zero-order chi connectivity index (χ0) is 17.6. The van der Waals surface area contributed by atoms with Crippen LogP contribution in [-0.4, -0.2) is 28.1 Å². The minimum absolute atomic E-state index is 0.295. The molecule has 0 saturated carbocycles. The Morgan fingerprint density at radius 1 is 1.00 bits per heavy atom. The quantitative estimate of drug-likeness (QED) is 0.512. The molecule has 1 aromatic heterocycles. The smallest absolute Gasteiger partial charge is 0.338 e. The second-order valence-corrected chi connectivity index (χ2v) is 5.41. The number of esters is 1. The molecule has 5 nitrogen and oxygen atoms in total. The number of benzene rings is 2. The highest BCUT2D eigenvalue weighted by molar-refractivity contribution is 5.99. The Morgan fingerprint density at radius 3 is 2.32 bits per heavy atom. The molecule has 0 radical (unpaired) electrons. The number of nitrogens with zero attached hydrogens (tertiary/aromatic N) is 2. The Labute approximate surface area is 143 Å². The average Bonchev–Trinajstić information content (AvgIpc) is 3.13. The highest BCUT2D eigenvalue weighted by Crippen LogP contribution is 2.09. The summed E-state index contributed by atoms with van der Waals surface area (Å²) in [4.78, 5) is 23.9. The highest BCUT2D eigenvalue weighted by Gasteiger charge is 2.12. The lowest BCUT2D eigenvalue weighted by Crippen LogP contribution is -2.14. The fourth-order valence-electron chi connectivity index (χ4n) is 2.26. The molecule has 25 heavy (non-hydrogen) atoms. The second kappa shape index (κ2) is 7.53. The fraction of sp³-hybridized carbons (Fsp3) is 0.105. The summed E-state index contributed by atoms with van der Waals surface area (Å²) < 4.78 is 19.6. The van der Waals surface area contributed by atoms with Gasteiger partial charge in [-0.05, 0) is 48.0 Å². The molecule has 0 aliphatic heterocycles. The van der Waals surface area contributed by atoms with Gasteiger partial charge in [-0.15, -0.1) is 0 Å². The Kier molecular flexibility index (Phi) is 4.99. The van der Waals surface area contributed by atoms with Crippen molar-refractivity contribution in [3.05, 3.63) is 89.5 Å². The molecule has 1 heterocycles. The number of Topliss-reactive ketones (excluding diaryl/α,β-unsaturated/α-hetero) is 1. The molecular weight excluding hydrogens is 323 g/mol. The van der Waals surface area contributed by atoms with Crippen LogP contribution in [0.2, 0.25) is 0 Å². The van der Waals surface area contributed by atoms with Crippen LogP contribution in [0.4, 0.5) is 4.39 Å². The first kappa shape index (κ1) is 16.6. The van der Waals surface area contributed by atoms with Crippen LogP contribution in [0.25, 0.3) is 0 Å². The number of ketones is 1. The third-order valence-electron chi connectivity index (χ3n) is 3.59. The molecule has 0 fully saturated rings. The number of aromatic nitrogens is 2. The summed E-state index contributed by atoms with van der Waals surface area (Å²) in [6.45, 7) is 0.213. The standard InChI is InChI=1S/C19H15FN2O3/c20-17-8-6-15(7-9-17)18(23)13-25-19(24)16-4-2-14(3-5-16)12-22-11-1-10-21-22/h1-11H,12-13H2. The van der Waals surface area contributed by atoms with E-state index in [1.165, 1.54) is 24.3 Å². The number of hydrogen-bond donors (Lipinski definition) is 0. The van der Waals surface area contributed by atoms with Gasteiger partial charge in [-0.25, -0.2) is 9.18 Å². The molecule has 3 rings (SSSR count). The van der Waals surface area contributed by atoms with Gasteiger partial charge in [0.2, 0.25) is 0 Å². The van der Waals surface area contributed by atoms with Crippen LogP contribution in [0, 0.1) is 5.82 Å². The predicted molar refractivity (Wildman–Crippen MR) is 88.8 cm³/mol. The van der Waals surface area contributed by atoms with Gasteiger partial charge in [-0.3, -0.25) is 9.48 Å². The molecule has 0 saturated heterocycles. The molecule has 0 amide bonds. The van der Waals surface area contributed by atoms with Gasteiger partial charge in [0, 0.05) is 18.0 Å². The lowest BCUT2D eigenvalue weighted by atomic mass is 10.1. The maximum atomic E-state index is 12.8. The van der Waals surface area contributed by atoms with Crippen LogP contribution < -0.4 is 0 Å². The first-order chi connectivity index (χ1) is 12.1. The summed E-state index contributed by atoms with van der Waals surface area (Å²) in [6.07, 6.45) is 3.55. The van der Waals surface area contributed by atoms with Crippen molar-refractivity contribution in [1.82, 2.24) is 9.78 Å². The Bertz CT molecular complexity index is 857. The van der Waals surface area contributed by atoms with Crippen molar-refractivity contribution in [2.24, 2.45) is 0 Å². The van der Waals surface area contributed by atoms with Gasteiger partial charge in [0.05, 0.1) is 12.1 Å². The highest BCUT2D eigenvalue weighted by atomic mass is 19.1. The van der Waals surface area contributed by atoms with E-state index in [2.05, 4.69) is 5.10 Å². The van der Waals surface area contributed by atoms with Crippen LogP contribution >= 0.6 is 0 Å². The number of carbonyl (C=O) groups is 2. The van der Waals surface area contributed by atoms with Crippen molar-refractivity contribution in [2.45, 2.75) is 6.54 Å². The largest absolute Gasteiger partial charge is 0.454 e. The van der Waals surface area contributed by atoms with Crippen LogP contribution in [0.15, 0.2) is 67.0 Å². The van der Waals surface area contributed by atoms with Crippen molar-refractivity contribution in [2.75, 3.05) is 6.61 Å². The zero-order valence-corrected chi connectivity index (χ0v) is 13.3. The molecule has 0 atom stereocenters. The van der Waals surface area contributed by atoms with E-state index in [1.807, 2.05) is 12.3 Å². The Morgan fingerprint density at radius 2 is 1.68 bits per heavy atom. The van der Waals surface area contributed by atoms with E-state index in [9.17, 15) is 14.0 Å². The Hall–Kier alpha value is -3.28. The van der Waals surface area contributed by atoms with Crippen LogP contribution in [0.3, 0.4) is 0 Å². The molecule has 0 N–H and O–H groups in total. The van der Waals surface area contributed by atoms with E-state index >= 15 is 0 Å². The number of rotatable bonds is 6. The molecule has 126 valence electrons. The second-order valence-electron chi connectivity index (χ2n) is 5.41. The SMILES string of the molecule is O=C(COC(=O)c1ccc(Cn2cccn2)cc1)c1ccc(F)cc1. The molecule has 0 aliphatic carbocycles. The number of halogens is 1. The van der Waals surface area contributed by atoms with Crippen LogP contribution in [0.5, 0.6) is 0 Å². The van der Waals surface area contributed by atoms with Gasteiger partial charge in [-0.1, -0.05) is 12.1 Å². The topological polar surface area (TPSA) is 61.2 Å². The van der Waals surface area contributed by atoms with E-state index in [-0.39, 0.29) is 12.4 Å². The van der Waals surface area contributed by atoms with Crippen molar-refractivity contribution in [3.63, 3.8) is 0 Å². The molecule has 0 bridgehead atoms. The van der Waals surface area contributed by atoms with E-state index in [4.69, 9.17) is 4.74 Å². The van der Waals surface area contributed by atoms with Gasteiger partial charge in [0.15, 0.2) is 12.4 Å². The summed E-state index contributed by atoms with van der Waals surface area (Å²) in [7, 11) is 0. The maximum Gasteiger partial charge on any atom is 0.338 e. The molecule has 6 heteroatoms. The average molecular weight is 338 g/mol. The summed E-state index contributed by atoms with van der Waals surface area (Å²) in [5.74, 6) is -1.39. The maximum absolute atomic E-state index is 12.8. The monoisotopic (exact) mass is 338 g/mol. The predicted octanol–water partition coefficient (Wildman–Crippen LogP) is 3.11. The molecule has 3 aromatic rings. The number of ether oxygens (including phenoxy) is 1. The molecule has 0 spiro atoms. The zero-order valence-electron chi connectivity index (χ0n) is 13.3. The summed E-state index contributed by atoms with van der Waals surface area (Å²) in [5.41, 5.74) is 1.64. The Balaban J connectivity index is 1.55. The van der Waals surface area contributed by atoms with Crippen LogP contribution in [-0.2, 0) is 11.3 Å². The van der Waals surface area contributed by atoms with Gasteiger partial charge in [0.1, 0.15) is 5.82 Å². The normalized spacial score (nSPS) is 10.4. The molecular formula is C19H15FN2O3. The first-order valence-electron chi connectivity index (χ1n) is 7.64. The van der Waals surface area contributed by atoms with Gasteiger partial charge < -0.3 is 4.74 Å². The van der Waals surface area contributed by atoms with Crippen molar-refractivity contribution < 1.29 is 18.7 Å². The lowest BCUT2D eigenvalue weighted by Gasteiger charge is -2.06. The van der Waals surface area contributed by atoms with E-state index < -0.39 is 11.8 Å². The third-order valence-corrected chi connectivity index (χ3v) is 3.59. The van der Waals surface area contributed by atoms with Crippen LogP contribution in [0.1, 0.15) is 26.3 Å². The van der Waals surface area contributed by atoms with Crippen molar-refractivity contribution >= 4 is 11.8 Å². The number of hydrogen-bond acceptors (Lipinski definition) is 4. The minimum Gasteiger partial charge on any atom is -0.454 e. The molecule has 0 aliphatic rings. The molecule has 0 unspecified atom stereocenters. The fourth-order valence-corrected chi connectivity index (χ4v) is 2.26. The lowest BCUT2D eigenvalue weighted by molar-refractivity contribution is 0.0474. The van der Waals surface area contributed by atoms with Gasteiger partial charge >= 0.3 is 5.97 Å². The molecule has 2 aromatic carbocycles. The van der Waals surface area contributed by atoms with Crippen molar-refractivity contribution in [1.29, 1.82) is 0 Å². The summed E-state index contributed by atoms with van der Waals surface area (Å²) in [5, 5.41) is 4.12. The van der Waals surface area contributed by atoms with E-state index in [0.29, 0.717) is 17.7 Å². The van der Waals surface area contributed by atoms with Gasteiger partial charge in [0.25, 0.3) is 0 Å². The summed E-state index contributed by atoms with van der Waals surface area (Å²) in [6, 6.07) is 13.8. The number of carbonyl (C=O) groups excluding carboxylic acids is 2. The van der Waals surface area contributed by atoms with Crippen molar-refractivity contribution in [3.8, 4) is 0 Å². The summed E-state index contributed by atoms with van der Waals surface area (Å²) >= 11 is 0. The first-order valence-corrected chi connectivity index (χ1v) is 7.64.